The van der Waals surface area contributed by atoms with Crippen LogP contribution in [-0.4, -0.2) is 27.3 Å². The molecule has 4 aliphatic rings. The summed E-state index contributed by atoms with van der Waals surface area (Å²) in [4.78, 5) is 23.8. The fourth-order valence-corrected chi connectivity index (χ4v) is 5.97. The van der Waals surface area contributed by atoms with E-state index < -0.39 is 22.8 Å². The molecule has 6 heteroatoms. The second-order valence-electron chi connectivity index (χ2n) is 8.03. The Morgan fingerprint density at radius 1 is 1.00 bits per heavy atom. The highest BCUT2D eigenvalue weighted by Gasteiger charge is 2.66. The summed E-state index contributed by atoms with van der Waals surface area (Å²) in [5, 5.41) is 29.2. The number of rotatable bonds is 3. The Bertz CT molecular complexity index is 695. The molecule has 4 bridgehead atoms. The zero-order chi connectivity index (χ0) is 17.3. The molecule has 24 heavy (non-hydrogen) atoms. The maximum atomic E-state index is 11.9. The second-order valence-corrected chi connectivity index (χ2v) is 8.03. The number of carboxylic acids is 2. The Morgan fingerprint density at radius 2 is 1.50 bits per heavy atom. The third-order valence-electron chi connectivity index (χ3n) is 6.65. The van der Waals surface area contributed by atoms with Crippen LogP contribution in [0.3, 0.4) is 0 Å². The van der Waals surface area contributed by atoms with E-state index in [1.54, 1.807) is 12.1 Å². The Labute approximate surface area is 139 Å². The van der Waals surface area contributed by atoms with Gasteiger partial charge in [0.05, 0.1) is 16.5 Å². The number of hydrogen-bond acceptors (Lipinski definition) is 4. The van der Waals surface area contributed by atoms with Gasteiger partial charge in [-0.1, -0.05) is 6.07 Å². The van der Waals surface area contributed by atoms with E-state index >= 15 is 0 Å². The van der Waals surface area contributed by atoms with Crippen molar-refractivity contribution >= 4 is 17.6 Å². The van der Waals surface area contributed by atoms with Gasteiger partial charge in [0.15, 0.2) is 0 Å². The first-order chi connectivity index (χ1) is 11.3. The standard InChI is InChI=1S/C18H21NO5/c19-12-3-9(1-2-13(12)20)14-10-4-17(15(21)22)6-11(14)7-18(5-10,8-17)16(23)24/h1-3,10-11,14,20H,4-8,19H2,(H,21,22)(H,23,24). The monoisotopic (exact) mass is 331 g/mol. The fraction of sp³-hybridized carbons (Fsp3) is 0.556. The van der Waals surface area contributed by atoms with E-state index in [-0.39, 0.29) is 29.9 Å². The highest BCUT2D eigenvalue weighted by atomic mass is 16.4. The van der Waals surface area contributed by atoms with Gasteiger partial charge in [-0.15, -0.1) is 0 Å². The molecular formula is C18H21NO5. The van der Waals surface area contributed by atoms with Crippen LogP contribution in [0.25, 0.3) is 0 Å². The molecule has 5 N–H and O–H groups in total. The topological polar surface area (TPSA) is 121 Å². The number of aromatic hydroxyl groups is 1. The molecule has 0 radical (unpaired) electrons. The van der Waals surface area contributed by atoms with E-state index in [2.05, 4.69) is 0 Å². The summed E-state index contributed by atoms with van der Waals surface area (Å²) in [6.07, 6.45) is 2.36. The normalized spacial score (nSPS) is 39.8. The molecule has 0 atom stereocenters. The number of anilines is 1. The third kappa shape index (κ3) is 1.88. The molecule has 0 aromatic heterocycles. The van der Waals surface area contributed by atoms with Gasteiger partial charge in [-0.25, -0.2) is 0 Å². The highest BCUT2D eigenvalue weighted by molar-refractivity contribution is 5.81. The van der Waals surface area contributed by atoms with Gasteiger partial charge in [0.2, 0.25) is 0 Å². The van der Waals surface area contributed by atoms with Crippen molar-refractivity contribution in [3.05, 3.63) is 23.8 Å². The van der Waals surface area contributed by atoms with Crippen LogP contribution in [-0.2, 0) is 9.59 Å². The van der Waals surface area contributed by atoms with Crippen LogP contribution in [0.15, 0.2) is 18.2 Å². The summed E-state index contributed by atoms with van der Waals surface area (Å²) in [6.45, 7) is 0. The molecule has 1 aromatic rings. The van der Waals surface area contributed by atoms with Crippen molar-refractivity contribution in [2.75, 3.05) is 5.73 Å². The smallest absolute Gasteiger partial charge is 0.309 e. The minimum atomic E-state index is -0.900. The van der Waals surface area contributed by atoms with Crippen LogP contribution in [0.5, 0.6) is 5.75 Å². The summed E-state index contributed by atoms with van der Waals surface area (Å²) < 4.78 is 0. The minimum absolute atomic E-state index is 0.0300. The molecule has 0 heterocycles. The van der Waals surface area contributed by atoms with E-state index in [9.17, 15) is 24.9 Å². The molecule has 128 valence electrons. The van der Waals surface area contributed by atoms with Gasteiger partial charge in [0.1, 0.15) is 5.75 Å². The number of benzene rings is 1. The van der Waals surface area contributed by atoms with Gasteiger partial charge in [-0.2, -0.15) is 0 Å². The van der Waals surface area contributed by atoms with Gasteiger partial charge in [-0.3, -0.25) is 9.59 Å². The van der Waals surface area contributed by atoms with E-state index in [4.69, 9.17) is 5.73 Å². The summed E-state index contributed by atoms with van der Waals surface area (Å²) in [5.74, 6) is -1.50. The van der Waals surface area contributed by atoms with Crippen molar-refractivity contribution in [3.63, 3.8) is 0 Å². The van der Waals surface area contributed by atoms with Crippen molar-refractivity contribution in [2.24, 2.45) is 22.7 Å². The van der Waals surface area contributed by atoms with Crippen molar-refractivity contribution < 1.29 is 24.9 Å². The SMILES string of the molecule is Nc1cc(C2C3CC4(C(=O)O)CC2CC(C(=O)O)(C3)C4)ccc1O. The fourth-order valence-electron chi connectivity index (χ4n) is 5.97. The van der Waals surface area contributed by atoms with Gasteiger partial charge >= 0.3 is 11.9 Å². The Kier molecular flexibility index (Phi) is 2.96. The average Bonchev–Trinajstić information content (AvgIpc) is 2.49. The minimum Gasteiger partial charge on any atom is -0.506 e. The van der Waals surface area contributed by atoms with Gasteiger partial charge in [0, 0.05) is 0 Å². The maximum absolute atomic E-state index is 11.9. The lowest BCUT2D eigenvalue weighted by Gasteiger charge is -2.62. The van der Waals surface area contributed by atoms with Crippen molar-refractivity contribution in [1.29, 1.82) is 0 Å². The first-order valence-electron chi connectivity index (χ1n) is 8.32. The predicted molar refractivity (Wildman–Crippen MR) is 85.5 cm³/mol. The molecule has 4 fully saturated rings. The summed E-state index contributed by atoms with van der Waals surface area (Å²) in [7, 11) is 0. The van der Waals surface area contributed by atoms with Crippen LogP contribution in [0.1, 0.15) is 43.6 Å². The van der Waals surface area contributed by atoms with E-state index in [1.807, 2.05) is 6.07 Å². The molecule has 5 rings (SSSR count). The van der Waals surface area contributed by atoms with Gasteiger partial charge in [0.25, 0.3) is 0 Å². The zero-order valence-corrected chi connectivity index (χ0v) is 13.2. The Hall–Kier alpha value is -2.24. The summed E-state index contributed by atoms with van der Waals surface area (Å²) in [6, 6.07) is 5.15. The number of aliphatic carboxylic acids is 2. The molecule has 0 aliphatic heterocycles. The van der Waals surface area contributed by atoms with E-state index in [1.165, 1.54) is 0 Å². The number of carboxylic acid groups (broad SMARTS) is 2. The number of carbonyl (C=O) groups is 2. The first-order valence-corrected chi connectivity index (χ1v) is 8.32. The largest absolute Gasteiger partial charge is 0.506 e. The molecule has 6 nitrogen and oxygen atoms in total. The van der Waals surface area contributed by atoms with Gasteiger partial charge in [-0.05, 0) is 67.6 Å². The summed E-state index contributed by atoms with van der Waals surface area (Å²) >= 11 is 0. The Balaban J connectivity index is 1.77. The molecule has 4 aliphatic carbocycles. The van der Waals surface area contributed by atoms with E-state index in [0.29, 0.717) is 31.4 Å². The van der Waals surface area contributed by atoms with Crippen LogP contribution in [0.2, 0.25) is 0 Å². The number of nitrogen functional groups attached to an aromatic ring is 1. The molecule has 0 unspecified atom stereocenters. The van der Waals surface area contributed by atoms with Crippen LogP contribution < -0.4 is 5.73 Å². The highest BCUT2D eigenvalue weighted by Crippen LogP contribution is 2.69. The van der Waals surface area contributed by atoms with Gasteiger partial charge < -0.3 is 21.1 Å². The molecule has 0 saturated heterocycles. The zero-order valence-electron chi connectivity index (χ0n) is 13.2. The molecular weight excluding hydrogens is 310 g/mol. The number of phenolic OH excluding ortho intramolecular Hbond substituents is 1. The molecule has 4 saturated carbocycles. The van der Waals surface area contributed by atoms with Crippen LogP contribution >= 0.6 is 0 Å². The predicted octanol–water partition coefficient (Wildman–Crippen LogP) is 2.42. The van der Waals surface area contributed by atoms with E-state index in [0.717, 1.165) is 5.56 Å². The lowest BCUT2D eigenvalue weighted by molar-refractivity contribution is -0.190. The summed E-state index contributed by atoms with van der Waals surface area (Å²) in [5.41, 5.74) is 5.32. The average molecular weight is 331 g/mol. The number of hydrogen-bond donors (Lipinski definition) is 4. The molecule has 1 aromatic carbocycles. The van der Waals surface area contributed by atoms with Crippen molar-refractivity contribution in [3.8, 4) is 5.75 Å². The first kappa shape index (κ1) is 15.3. The van der Waals surface area contributed by atoms with Crippen LogP contribution in [0.4, 0.5) is 5.69 Å². The lowest BCUT2D eigenvalue weighted by Crippen LogP contribution is -2.60. The number of phenols is 1. The lowest BCUT2D eigenvalue weighted by atomic mass is 9.40. The van der Waals surface area contributed by atoms with Crippen molar-refractivity contribution in [2.45, 2.75) is 38.0 Å². The van der Waals surface area contributed by atoms with Crippen LogP contribution in [0, 0.1) is 22.7 Å². The third-order valence-corrected chi connectivity index (χ3v) is 6.65. The quantitative estimate of drug-likeness (QED) is 0.498. The number of nitrogens with two attached hydrogens (primary N) is 1. The molecule has 0 spiro atoms. The second kappa shape index (κ2) is 4.65. The Morgan fingerprint density at radius 3 is 1.92 bits per heavy atom. The van der Waals surface area contributed by atoms with Crippen molar-refractivity contribution in [1.82, 2.24) is 0 Å². The maximum Gasteiger partial charge on any atom is 0.309 e. The molecule has 0 amide bonds.